The van der Waals surface area contributed by atoms with Gasteiger partial charge in [-0.25, -0.2) is 4.79 Å². The molecule has 3 rings (SSSR count). The summed E-state index contributed by atoms with van der Waals surface area (Å²) in [6.45, 7) is 2.05. The molecule has 2 heterocycles. The Kier molecular flexibility index (Phi) is 4.39. The molecule has 0 saturated carbocycles. The molecule has 1 aromatic carbocycles. The van der Waals surface area contributed by atoms with Crippen LogP contribution in [0.3, 0.4) is 0 Å². The lowest BCUT2D eigenvalue weighted by atomic mass is 10.1. The molecular weight excluding hydrogens is 314 g/mol. The minimum atomic E-state index is -0.523. The van der Waals surface area contributed by atoms with E-state index in [1.54, 1.807) is 17.0 Å². The Labute approximate surface area is 139 Å². The molecular formula is C16H19N3O5. The summed E-state index contributed by atoms with van der Waals surface area (Å²) in [5.74, 6) is -0.506. The van der Waals surface area contributed by atoms with Crippen LogP contribution in [0.1, 0.15) is 12.5 Å². The highest BCUT2D eigenvalue weighted by Crippen LogP contribution is 2.33. The number of benzene rings is 1. The van der Waals surface area contributed by atoms with Crippen LogP contribution in [0.2, 0.25) is 0 Å². The molecule has 0 radical (unpaired) electrons. The van der Waals surface area contributed by atoms with E-state index >= 15 is 0 Å². The topological polar surface area (TPSA) is 99.2 Å². The number of hydrogen-bond donors (Lipinski definition) is 2. The Hall–Kier alpha value is -2.61. The number of aliphatic hydroxyl groups is 1. The van der Waals surface area contributed by atoms with Gasteiger partial charge in [-0.15, -0.1) is 0 Å². The molecule has 1 fully saturated rings. The maximum atomic E-state index is 12.0. The van der Waals surface area contributed by atoms with Crippen molar-refractivity contribution in [3.8, 4) is 0 Å². The Morgan fingerprint density at radius 1 is 1.42 bits per heavy atom. The van der Waals surface area contributed by atoms with Crippen molar-refractivity contribution in [2.45, 2.75) is 19.4 Å². The zero-order valence-corrected chi connectivity index (χ0v) is 13.3. The van der Waals surface area contributed by atoms with Gasteiger partial charge in [-0.1, -0.05) is 0 Å². The predicted molar refractivity (Wildman–Crippen MR) is 85.9 cm³/mol. The van der Waals surface area contributed by atoms with E-state index in [4.69, 9.17) is 9.84 Å². The number of nitrogens with zero attached hydrogens (tertiary/aromatic N) is 2. The zero-order valence-electron chi connectivity index (χ0n) is 13.3. The second-order valence-corrected chi connectivity index (χ2v) is 5.82. The second-order valence-electron chi connectivity index (χ2n) is 5.82. The van der Waals surface area contributed by atoms with Gasteiger partial charge in [-0.05, 0) is 30.2 Å². The van der Waals surface area contributed by atoms with Crippen molar-refractivity contribution in [1.82, 2.24) is 5.32 Å². The summed E-state index contributed by atoms with van der Waals surface area (Å²) >= 11 is 0. The lowest BCUT2D eigenvalue weighted by Gasteiger charge is -2.18. The predicted octanol–water partition coefficient (Wildman–Crippen LogP) is 0.0293. The van der Waals surface area contributed by atoms with Crippen molar-refractivity contribution in [3.05, 3.63) is 23.8 Å². The van der Waals surface area contributed by atoms with Gasteiger partial charge in [0.1, 0.15) is 12.7 Å². The summed E-state index contributed by atoms with van der Waals surface area (Å²) in [5.41, 5.74) is 2.41. The van der Waals surface area contributed by atoms with Gasteiger partial charge in [0, 0.05) is 24.8 Å². The number of carbonyl (C=O) groups excluding carboxylic acids is 3. The van der Waals surface area contributed by atoms with Crippen LogP contribution in [-0.2, 0) is 20.7 Å². The van der Waals surface area contributed by atoms with Gasteiger partial charge in [-0.2, -0.15) is 0 Å². The molecule has 1 saturated heterocycles. The van der Waals surface area contributed by atoms with Crippen LogP contribution in [0.15, 0.2) is 18.2 Å². The van der Waals surface area contributed by atoms with Crippen LogP contribution >= 0.6 is 0 Å². The highest BCUT2D eigenvalue weighted by Gasteiger charge is 2.33. The maximum absolute atomic E-state index is 12.0. The quantitative estimate of drug-likeness (QED) is 0.810. The first-order valence-corrected chi connectivity index (χ1v) is 7.76. The molecule has 3 amide bonds. The van der Waals surface area contributed by atoms with Gasteiger partial charge in [-0.3, -0.25) is 14.5 Å². The number of aliphatic hydroxyl groups excluding tert-OH is 1. The molecule has 24 heavy (non-hydrogen) atoms. The summed E-state index contributed by atoms with van der Waals surface area (Å²) in [5, 5.41) is 11.6. The molecule has 1 unspecified atom stereocenters. The smallest absolute Gasteiger partial charge is 0.414 e. The van der Waals surface area contributed by atoms with Crippen molar-refractivity contribution >= 4 is 29.3 Å². The van der Waals surface area contributed by atoms with E-state index in [0.717, 1.165) is 11.3 Å². The summed E-state index contributed by atoms with van der Waals surface area (Å²) in [7, 11) is 0. The Bertz CT molecular complexity index is 690. The normalized spacial score (nSPS) is 19.2. The molecule has 0 spiro atoms. The monoisotopic (exact) mass is 333 g/mol. The zero-order chi connectivity index (χ0) is 17.3. The Morgan fingerprint density at radius 2 is 2.21 bits per heavy atom. The Morgan fingerprint density at radius 3 is 2.92 bits per heavy atom. The first-order valence-electron chi connectivity index (χ1n) is 7.76. The molecule has 0 aliphatic carbocycles. The van der Waals surface area contributed by atoms with Gasteiger partial charge in [0.05, 0.1) is 13.1 Å². The molecule has 2 N–H and O–H groups in total. The van der Waals surface area contributed by atoms with Crippen molar-refractivity contribution in [3.63, 3.8) is 0 Å². The van der Waals surface area contributed by atoms with E-state index in [2.05, 4.69) is 5.32 Å². The first-order chi connectivity index (χ1) is 11.5. The van der Waals surface area contributed by atoms with Crippen LogP contribution in [0.25, 0.3) is 0 Å². The highest BCUT2D eigenvalue weighted by atomic mass is 16.6. The lowest BCUT2D eigenvalue weighted by Crippen LogP contribution is -2.33. The molecule has 1 aromatic rings. The summed E-state index contributed by atoms with van der Waals surface area (Å²) in [4.78, 5) is 37.8. The molecule has 8 nitrogen and oxygen atoms in total. The van der Waals surface area contributed by atoms with Crippen LogP contribution in [0.4, 0.5) is 16.2 Å². The van der Waals surface area contributed by atoms with Crippen molar-refractivity contribution < 1.29 is 24.2 Å². The van der Waals surface area contributed by atoms with E-state index in [9.17, 15) is 14.4 Å². The van der Waals surface area contributed by atoms with Gasteiger partial charge < -0.3 is 20.1 Å². The number of fused-ring (bicyclic) bond motifs is 1. The molecule has 2 aliphatic heterocycles. The number of rotatable bonds is 4. The average Bonchev–Trinajstić information content (AvgIpc) is 3.15. The third kappa shape index (κ3) is 3.05. The van der Waals surface area contributed by atoms with Crippen LogP contribution in [0, 0.1) is 0 Å². The lowest BCUT2D eigenvalue weighted by molar-refractivity contribution is -0.121. The largest absolute Gasteiger partial charge is 0.442 e. The standard InChI is InChI=1S/C16H19N3O5/c1-10(21)17-7-13-8-19(16(23)24-13)12-2-3-14-11(6-12)4-5-18(14)15(22)9-20/h2-3,6,13,20H,4-5,7-9H2,1H3,(H,17,21). The Balaban J connectivity index is 1.73. The fraction of sp³-hybridized carbons (Fsp3) is 0.438. The van der Waals surface area contributed by atoms with Crippen molar-refractivity contribution in [2.24, 2.45) is 0 Å². The van der Waals surface area contributed by atoms with Gasteiger partial charge in [0.25, 0.3) is 5.91 Å². The number of nitrogens with one attached hydrogen (secondary N) is 1. The fourth-order valence-electron chi connectivity index (χ4n) is 3.00. The molecule has 0 bridgehead atoms. The summed E-state index contributed by atoms with van der Waals surface area (Å²) in [6.07, 6.45) is -0.165. The number of anilines is 2. The molecule has 1 atom stereocenters. The van der Waals surface area contributed by atoms with E-state index < -0.39 is 12.7 Å². The number of carbonyl (C=O) groups is 3. The van der Waals surface area contributed by atoms with E-state index in [1.165, 1.54) is 11.8 Å². The van der Waals surface area contributed by atoms with Crippen LogP contribution < -0.4 is 15.1 Å². The number of hydrogen-bond acceptors (Lipinski definition) is 5. The molecule has 8 heteroatoms. The average molecular weight is 333 g/mol. The molecule has 0 aromatic heterocycles. The summed E-state index contributed by atoms with van der Waals surface area (Å²) < 4.78 is 5.25. The number of ether oxygens (including phenoxy) is 1. The minimum absolute atomic E-state index is 0.171. The van der Waals surface area contributed by atoms with Crippen molar-refractivity contribution in [2.75, 3.05) is 36.0 Å². The third-order valence-corrected chi connectivity index (χ3v) is 4.16. The van der Waals surface area contributed by atoms with Crippen molar-refractivity contribution in [1.29, 1.82) is 0 Å². The van der Waals surface area contributed by atoms with Gasteiger partial charge in [0.15, 0.2) is 0 Å². The fourth-order valence-corrected chi connectivity index (χ4v) is 3.00. The first kappa shape index (κ1) is 16.3. The molecule has 128 valence electrons. The number of cyclic esters (lactones) is 1. The minimum Gasteiger partial charge on any atom is -0.442 e. The summed E-state index contributed by atoms with van der Waals surface area (Å²) in [6, 6.07) is 5.39. The number of amides is 3. The van der Waals surface area contributed by atoms with E-state index in [0.29, 0.717) is 25.2 Å². The second kappa shape index (κ2) is 6.48. The van der Waals surface area contributed by atoms with Gasteiger partial charge >= 0.3 is 6.09 Å². The molecule has 2 aliphatic rings. The highest BCUT2D eigenvalue weighted by molar-refractivity contribution is 5.97. The van der Waals surface area contributed by atoms with Crippen LogP contribution in [0.5, 0.6) is 0 Å². The van der Waals surface area contributed by atoms with Gasteiger partial charge in [0.2, 0.25) is 5.91 Å². The van der Waals surface area contributed by atoms with E-state index in [1.807, 2.05) is 6.07 Å². The SMILES string of the molecule is CC(=O)NCC1CN(c2ccc3c(c2)CCN3C(=O)CO)C(=O)O1. The maximum Gasteiger partial charge on any atom is 0.414 e. The van der Waals surface area contributed by atoms with E-state index in [-0.39, 0.29) is 24.5 Å². The third-order valence-electron chi connectivity index (χ3n) is 4.16. The van der Waals surface area contributed by atoms with Crippen LogP contribution in [-0.4, -0.2) is 55.4 Å².